The number of sulfonamides is 1. The van der Waals surface area contributed by atoms with Crippen LogP contribution in [0, 0.1) is 11.7 Å². The van der Waals surface area contributed by atoms with Crippen molar-refractivity contribution < 1.29 is 22.3 Å². The molecular formula is C25H22BrFN4O5S. The molecule has 1 N–H and O–H groups in total. The van der Waals surface area contributed by atoms with E-state index in [4.69, 9.17) is 9.47 Å². The molecule has 1 aliphatic rings. The number of benzene rings is 2. The lowest BCUT2D eigenvalue weighted by molar-refractivity contribution is 0.175. The average Bonchev–Trinajstić information content (AvgIpc) is 2.84. The molecule has 9 nitrogen and oxygen atoms in total. The Morgan fingerprint density at radius 3 is 2.68 bits per heavy atom. The van der Waals surface area contributed by atoms with E-state index in [-0.39, 0.29) is 32.5 Å². The largest absolute Gasteiger partial charge is 0.495 e. The van der Waals surface area contributed by atoms with Gasteiger partial charge in [-0.15, -0.1) is 0 Å². The molecule has 1 aliphatic carbocycles. The molecule has 0 saturated heterocycles. The molecule has 0 radical (unpaired) electrons. The Morgan fingerprint density at radius 1 is 1.14 bits per heavy atom. The fraction of sp³-hybridized carbons (Fsp3) is 0.240. The van der Waals surface area contributed by atoms with Gasteiger partial charge in [0.2, 0.25) is 5.88 Å². The molecule has 1 saturated carbocycles. The third-order valence-corrected chi connectivity index (χ3v) is 8.17. The molecule has 0 spiro atoms. The van der Waals surface area contributed by atoms with Gasteiger partial charge in [-0.3, -0.25) is 14.1 Å². The van der Waals surface area contributed by atoms with Crippen molar-refractivity contribution in [3.8, 4) is 17.3 Å². The first-order chi connectivity index (χ1) is 17.7. The van der Waals surface area contributed by atoms with Crippen LogP contribution in [0.1, 0.15) is 19.3 Å². The first-order valence-electron chi connectivity index (χ1n) is 11.4. The van der Waals surface area contributed by atoms with Crippen molar-refractivity contribution in [2.75, 3.05) is 18.4 Å². The minimum Gasteiger partial charge on any atom is -0.495 e. The topological polar surface area (TPSA) is 112 Å². The van der Waals surface area contributed by atoms with Crippen LogP contribution in [-0.2, 0) is 10.0 Å². The highest BCUT2D eigenvalue weighted by molar-refractivity contribution is 9.10. The zero-order valence-corrected chi connectivity index (χ0v) is 22.1. The SMILES string of the molecule is COc1cc(Br)c(F)cc1-n1c(=O)ccc2cc(S(=O)(=O)Nc3cc(OCC4CCC4)ncn3)ccc21. The van der Waals surface area contributed by atoms with Gasteiger partial charge in [-0.1, -0.05) is 6.42 Å². The van der Waals surface area contributed by atoms with Gasteiger partial charge < -0.3 is 9.47 Å². The van der Waals surface area contributed by atoms with E-state index >= 15 is 0 Å². The van der Waals surface area contributed by atoms with Crippen molar-refractivity contribution in [3.05, 3.63) is 75.5 Å². The van der Waals surface area contributed by atoms with Crippen LogP contribution in [0.3, 0.4) is 0 Å². The van der Waals surface area contributed by atoms with Crippen LogP contribution in [0.4, 0.5) is 10.2 Å². The van der Waals surface area contributed by atoms with Crippen LogP contribution in [0.5, 0.6) is 11.6 Å². The number of hydrogen-bond acceptors (Lipinski definition) is 7. The molecule has 12 heteroatoms. The number of methoxy groups -OCH3 is 1. The van der Waals surface area contributed by atoms with E-state index in [0.717, 1.165) is 12.8 Å². The molecule has 2 aromatic carbocycles. The second kappa shape index (κ2) is 10.1. The lowest BCUT2D eigenvalue weighted by Gasteiger charge is -2.24. The van der Waals surface area contributed by atoms with Crippen LogP contribution in [0.2, 0.25) is 0 Å². The second-order valence-corrected chi connectivity index (χ2v) is 11.2. The summed E-state index contributed by atoms with van der Waals surface area (Å²) in [7, 11) is -2.62. The first kappa shape index (κ1) is 25.2. The Balaban J connectivity index is 1.47. The molecule has 0 amide bonds. The van der Waals surface area contributed by atoms with E-state index in [0.29, 0.717) is 23.4 Å². The number of aromatic nitrogens is 3. The highest BCUT2D eigenvalue weighted by Crippen LogP contribution is 2.31. The summed E-state index contributed by atoms with van der Waals surface area (Å²) in [6.07, 6.45) is 4.66. The molecule has 37 heavy (non-hydrogen) atoms. The summed E-state index contributed by atoms with van der Waals surface area (Å²) in [5.41, 5.74) is 0.125. The molecular weight excluding hydrogens is 567 g/mol. The van der Waals surface area contributed by atoms with Gasteiger partial charge in [-0.2, -0.15) is 0 Å². The predicted octanol–water partition coefficient (Wildman–Crippen LogP) is 4.67. The molecule has 192 valence electrons. The van der Waals surface area contributed by atoms with Gasteiger partial charge in [0.25, 0.3) is 15.6 Å². The van der Waals surface area contributed by atoms with Crippen molar-refractivity contribution in [2.24, 2.45) is 5.92 Å². The Bertz CT molecular complexity index is 1660. The molecule has 5 rings (SSSR count). The second-order valence-electron chi connectivity index (χ2n) is 8.62. The summed E-state index contributed by atoms with van der Waals surface area (Å²) in [6.45, 7) is 0.530. The zero-order chi connectivity index (χ0) is 26.2. The van der Waals surface area contributed by atoms with Crippen molar-refractivity contribution in [1.29, 1.82) is 0 Å². The normalized spacial score (nSPS) is 13.8. The van der Waals surface area contributed by atoms with Crippen LogP contribution >= 0.6 is 15.9 Å². The number of halogens is 2. The standard InChI is InChI=1S/C25H22BrFN4O5S/c1-35-22-10-18(26)19(27)11-21(22)31-20-7-6-17(9-16(20)5-8-25(31)32)37(33,34)30-23-12-24(29-14-28-23)36-13-15-3-2-4-15/h5-12,14-15H,2-4,13H2,1H3,(H,28,29,30). The molecule has 1 fully saturated rings. The number of pyridine rings is 1. The fourth-order valence-electron chi connectivity index (χ4n) is 4.03. The van der Waals surface area contributed by atoms with Gasteiger partial charge in [0.15, 0.2) is 0 Å². The quantitative estimate of drug-likeness (QED) is 0.318. The summed E-state index contributed by atoms with van der Waals surface area (Å²) < 4.78 is 55.5. The van der Waals surface area contributed by atoms with Gasteiger partial charge in [-0.05, 0) is 65.0 Å². The lowest BCUT2D eigenvalue weighted by atomic mass is 9.86. The van der Waals surface area contributed by atoms with Gasteiger partial charge in [0, 0.05) is 23.6 Å². The molecule has 4 aromatic rings. The van der Waals surface area contributed by atoms with E-state index in [1.165, 1.54) is 73.0 Å². The number of ether oxygens (including phenoxy) is 2. The van der Waals surface area contributed by atoms with Crippen molar-refractivity contribution in [1.82, 2.24) is 14.5 Å². The number of anilines is 1. The summed E-state index contributed by atoms with van der Waals surface area (Å²) in [4.78, 5) is 20.8. The van der Waals surface area contributed by atoms with Crippen molar-refractivity contribution in [2.45, 2.75) is 24.2 Å². The molecule has 2 heterocycles. The highest BCUT2D eigenvalue weighted by atomic mass is 79.9. The first-order valence-corrected chi connectivity index (χ1v) is 13.7. The van der Waals surface area contributed by atoms with Crippen LogP contribution in [0.25, 0.3) is 16.6 Å². The summed E-state index contributed by atoms with van der Waals surface area (Å²) in [5, 5.41) is 0.445. The number of nitrogens with zero attached hydrogens (tertiary/aromatic N) is 3. The number of nitrogens with one attached hydrogen (secondary N) is 1. The smallest absolute Gasteiger partial charge is 0.263 e. The number of hydrogen-bond donors (Lipinski definition) is 1. The minimum atomic E-state index is -4.03. The highest BCUT2D eigenvalue weighted by Gasteiger charge is 2.20. The Hall–Kier alpha value is -3.51. The van der Waals surface area contributed by atoms with E-state index in [9.17, 15) is 17.6 Å². The average molecular weight is 589 g/mol. The molecule has 0 unspecified atom stereocenters. The van der Waals surface area contributed by atoms with Crippen molar-refractivity contribution in [3.63, 3.8) is 0 Å². The Morgan fingerprint density at radius 2 is 1.95 bits per heavy atom. The molecule has 0 atom stereocenters. The zero-order valence-electron chi connectivity index (χ0n) is 19.6. The van der Waals surface area contributed by atoms with Crippen LogP contribution < -0.4 is 19.8 Å². The Kier molecular flexibility index (Phi) is 6.86. The van der Waals surface area contributed by atoms with Gasteiger partial charge in [-0.25, -0.2) is 22.8 Å². The van der Waals surface area contributed by atoms with E-state index < -0.39 is 21.4 Å². The number of rotatable bonds is 8. The summed E-state index contributed by atoms with van der Waals surface area (Å²) in [5.74, 6) is 0.542. The maximum absolute atomic E-state index is 14.4. The maximum Gasteiger partial charge on any atom is 0.263 e. The van der Waals surface area contributed by atoms with Gasteiger partial charge >= 0.3 is 0 Å². The number of fused-ring (bicyclic) bond motifs is 1. The fourth-order valence-corrected chi connectivity index (χ4v) is 5.39. The summed E-state index contributed by atoms with van der Waals surface area (Å²) in [6, 6.07) is 11.1. The van der Waals surface area contributed by atoms with Crippen LogP contribution in [0.15, 0.2) is 69.0 Å². The lowest BCUT2D eigenvalue weighted by Crippen LogP contribution is -2.20. The molecule has 0 bridgehead atoms. The third-order valence-electron chi connectivity index (χ3n) is 6.21. The summed E-state index contributed by atoms with van der Waals surface area (Å²) >= 11 is 3.11. The maximum atomic E-state index is 14.4. The minimum absolute atomic E-state index is 0.0466. The molecule has 0 aliphatic heterocycles. The predicted molar refractivity (Wildman–Crippen MR) is 139 cm³/mol. The van der Waals surface area contributed by atoms with E-state index in [1.807, 2.05) is 0 Å². The third kappa shape index (κ3) is 5.16. The van der Waals surface area contributed by atoms with Gasteiger partial charge in [0.05, 0.1) is 34.3 Å². The molecule has 2 aromatic heterocycles. The van der Waals surface area contributed by atoms with Crippen molar-refractivity contribution >= 4 is 42.7 Å². The van der Waals surface area contributed by atoms with Crippen LogP contribution in [-0.4, -0.2) is 36.7 Å². The van der Waals surface area contributed by atoms with Gasteiger partial charge in [0.1, 0.15) is 23.7 Å². The monoisotopic (exact) mass is 588 g/mol. The van der Waals surface area contributed by atoms with E-state index in [2.05, 4.69) is 30.6 Å². The Labute approximate surface area is 220 Å². The van der Waals surface area contributed by atoms with E-state index in [1.54, 1.807) is 0 Å².